The highest BCUT2D eigenvalue weighted by molar-refractivity contribution is 8.00. The van der Waals surface area contributed by atoms with E-state index in [9.17, 15) is 13.2 Å². The van der Waals surface area contributed by atoms with E-state index < -0.39 is 10.0 Å². The molecule has 2 aromatic carbocycles. The molecule has 1 amide bonds. The smallest absolute Gasteiger partial charge is 0.243 e. The molecule has 1 aliphatic heterocycles. The zero-order valence-electron chi connectivity index (χ0n) is 17.4. The van der Waals surface area contributed by atoms with Crippen molar-refractivity contribution in [3.63, 3.8) is 0 Å². The van der Waals surface area contributed by atoms with Crippen molar-refractivity contribution in [2.45, 2.75) is 42.4 Å². The summed E-state index contributed by atoms with van der Waals surface area (Å²) in [6, 6.07) is 12.6. The molecule has 1 saturated heterocycles. The standard InChI is InChI=1S/C22H28N2O4S2/c1-17-7-9-18(10-8-17)29-16-22(25)23-20-15-19(11-12-21(20)28-2)30(26,27)24-13-5-3-4-6-14-24/h7-12,15H,3-6,13-14,16H2,1-2H3,(H,23,25). The van der Waals surface area contributed by atoms with E-state index in [1.165, 1.54) is 31.0 Å². The molecule has 1 aliphatic rings. The van der Waals surface area contributed by atoms with E-state index in [-0.39, 0.29) is 16.6 Å². The fourth-order valence-corrected chi connectivity index (χ4v) is 5.59. The molecule has 2 aromatic rings. The predicted molar refractivity (Wildman–Crippen MR) is 121 cm³/mol. The van der Waals surface area contributed by atoms with E-state index in [4.69, 9.17) is 4.74 Å². The lowest BCUT2D eigenvalue weighted by molar-refractivity contribution is -0.113. The monoisotopic (exact) mass is 448 g/mol. The normalized spacial score (nSPS) is 15.4. The summed E-state index contributed by atoms with van der Waals surface area (Å²) in [5, 5.41) is 2.80. The lowest BCUT2D eigenvalue weighted by Gasteiger charge is -2.21. The molecule has 30 heavy (non-hydrogen) atoms. The summed E-state index contributed by atoms with van der Waals surface area (Å²) in [7, 11) is -2.11. The third-order valence-electron chi connectivity index (χ3n) is 5.04. The molecule has 1 N–H and O–H groups in total. The van der Waals surface area contributed by atoms with E-state index in [1.807, 2.05) is 31.2 Å². The largest absolute Gasteiger partial charge is 0.495 e. The van der Waals surface area contributed by atoms with Crippen molar-refractivity contribution in [2.75, 3.05) is 31.3 Å². The highest BCUT2D eigenvalue weighted by atomic mass is 32.2. The minimum atomic E-state index is -3.61. The molecule has 0 radical (unpaired) electrons. The minimum absolute atomic E-state index is 0.173. The molecule has 0 atom stereocenters. The molecule has 8 heteroatoms. The lowest BCUT2D eigenvalue weighted by Crippen LogP contribution is -2.32. The van der Waals surface area contributed by atoms with Crippen LogP contribution in [0.3, 0.4) is 0 Å². The van der Waals surface area contributed by atoms with Gasteiger partial charge in [0.1, 0.15) is 5.75 Å². The topological polar surface area (TPSA) is 75.7 Å². The average molecular weight is 449 g/mol. The summed E-state index contributed by atoms with van der Waals surface area (Å²) in [6.45, 7) is 3.08. The second-order valence-corrected chi connectivity index (χ2v) is 10.3. The SMILES string of the molecule is COc1ccc(S(=O)(=O)N2CCCCCC2)cc1NC(=O)CSc1ccc(C)cc1. The molecule has 1 fully saturated rings. The third-order valence-corrected chi connectivity index (χ3v) is 7.95. The highest BCUT2D eigenvalue weighted by Gasteiger charge is 2.26. The first-order chi connectivity index (χ1) is 14.4. The van der Waals surface area contributed by atoms with Crippen LogP contribution in [-0.4, -0.2) is 44.6 Å². The fraction of sp³-hybridized carbons (Fsp3) is 0.409. The van der Waals surface area contributed by atoms with Gasteiger partial charge in [0.2, 0.25) is 15.9 Å². The van der Waals surface area contributed by atoms with Crippen LogP contribution in [0.25, 0.3) is 0 Å². The first-order valence-corrected chi connectivity index (χ1v) is 12.5. The number of ether oxygens (including phenoxy) is 1. The van der Waals surface area contributed by atoms with E-state index in [1.54, 1.807) is 10.4 Å². The Hall–Kier alpha value is -2.03. The van der Waals surface area contributed by atoms with Gasteiger partial charge in [-0.05, 0) is 50.1 Å². The zero-order chi connectivity index (χ0) is 21.6. The zero-order valence-corrected chi connectivity index (χ0v) is 19.0. The maximum Gasteiger partial charge on any atom is 0.243 e. The van der Waals surface area contributed by atoms with Gasteiger partial charge in [-0.2, -0.15) is 4.31 Å². The van der Waals surface area contributed by atoms with Crippen LogP contribution < -0.4 is 10.1 Å². The van der Waals surface area contributed by atoms with E-state index in [2.05, 4.69) is 5.32 Å². The van der Waals surface area contributed by atoms with E-state index >= 15 is 0 Å². The maximum absolute atomic E-state index is 13.1. The molecule has 0 spiro atoms. The number of amides is 1. The molecule has 0 unspecified atom stereocenters. The number of anilines is 1. The summed E-state index contributed by atoms with van der Waals surface area (Å²) in [4.78, 5) is 13.7. The van der Waals surface area contributed by atoms with Crippen LogP contribution in [0.5, 0.6) is 5.75 Å². The van der Waals surface area contributed by atoms with Crippen molar-refractivity contribution < 1.29 is 17.9 Å². The van der Waals surface area contributed by atoms with Gasteiger partial charge in [-0.1, -0.05) is 30.5 Å². The first-order valence-electron chi connectivity index (χ1n) is 10.1. The number of carbonyl (C=O) groups excluding carboxylic acids is 1. The third kappa shape index (κ3) is 5.77. The Morgan fingerprint density at radius 2 is 1.73 bits per heavy atom. The van der Waals surface area contributed by atoms with E-state index in [0.717, 1.165) is 36.1 Å². The lowest BCUT2D eigenvalue weighted by atomic mass is 10.2. The predicted octanol–water partition coefficient (Wildman–Crippen LogP) is 4.30. The Bertz CT molecular complexity index is 967. The Kier molecular flexibility index (Phi) is 7.80. The van der Waals surface area contributed by atoms with Gasteiger partial charge in [-0.25, -0.2) is 8.42 Å². The number of nitrogens with one attached hydrogen (secondary N) is 1. The summed E-state index contributed by atoms with van der Waals surface area (Å²) < 4.78 is 33.0. The number of thioether (sulfide) groups is 1. The minimum Gasteiger partial charge on any atom is -0.495 e. The number of nitrogens with zero attached hydrogens (tertiary/aromatic N) is 1. The fourth-order valence-electron chi connectivity index (χ4n) is 3.35. The molecule has 0 aliphatic carbocycles. The molecule has 3 rings (SSSR count). The van der Waals surface area contributed by atoms with Crippen LogP contribution in [0.15, 0.2) is 52.3 Å². The Morgan fingerprint density at radius 3 is 2.37 bits per heavy atom. The Morgan fingerprint density at radius 1 is 1.07 bits per heavy atom. The maximum atomic E-state index is 13.1. The number of benzene rings is 2. The summed E-state index contributed by atoms with van der Waals surface area (Å²) >= 11 is 1.43. The van der Waals surface area contributed by atoms with Gasteiger partial charge >= 0.3 is 0 Å². The first kappa shape index (κ1) is 22.7. The molecule has 6 nitrogen and oxygen atoms in total. The second-order valence-electron chi connectivity index (χ2n) is 7.33. The van der Waals surface area contributed by atoms with Gasteiger partial charge in [0.05, 0.1) is 23.4 Å². The number of rotatable bonds is 7. The molecule has 0 aromatic heterocycles. The number of hydrogen-bond donors (Lipinski definition) is 1. The van der Waals surface area contributed by atoms with Crippen LogP contribution in [0.1, 0.15) is 31.2 Å². The van der Waals surface area contributed by atoms with Crippen LogP contribution in [-0.2, 0) is 14.8 Å². The van der Waals surface area contributed by atoms with Crippen LogP contribution in [0, 0.1) is 6.92 Å². The van der Waals surface area contributed by atoms with Gasteiger partial charge < -0.3 is 10.1 Å². The van der Waals surface area contributed by atoms with Crippen LogP contribution >= 0.6 is 11.8 Å². The number of hydrogen-bond acceptors (Lipinski definition) is 5. The van der Waals surface area contributed by atoms with Crippen molar-refractivity contribution in [3.05, 3.63) is 48.0 Å². The van der Waals surface area contributed by atoms with Crippen molar-refractivity contribution >= 4 is 33.4 Å². The second kappa shape index (κ2) is 10.3. The number of methoxy groups -OCH3 is 1. The van der Waals surface area contributed by atoms with Crippen molar-refractivity contribution in [2.24, 2.45) is 0 Å². The Balaban J connectivity index is 1.73. The van der Waals surface area contributed by atoms with Gasteiger partial charge in [0, 0.05) is 18.0 Å². The van der Waals surface area contributed by atoms with Crippen LogP contribution in [0.4, 0.5) is 5.69 Å². The van der Waals surface area contributed by atoms with Crippen molar-refractivity contribution in [1.29, 1.82) is 0 Å². The summed E-state index contributed by atoms with van der Waals surface area (Å²) in [6.07, 6.45) is 3.84. The highest BCUT2D eigenvalue weighted by Crippen LogP contribution is 2.30. The van der Waals surface area contributed by atoms with Gasteiger partial charge in [0.25, 0.3) is 0 Å². The average Bonchev–Trinajstić information content (AvgIpc) is 3.03. The number of aryl methyl sites for hydroxylation is 1. The molecule has 1 heterocycles. The van der Waals surface area contributed by atoms with E-state index in [0.29, 0.717) is 24.5 Å². The molecule has 0 saturated carbocycles. The van der Waals surface area contributed by atoms with Gasteiger partial charge in [-0.15, -0.1) is 11.8 Å². The molecule has 0 bridgehead atoms. The van der Waals surface area contributed by atoms with Crippen LogP contribution in [0.2, 0.25) is 0 Å². The van der Waals surface area contributed by atoms with Crippen molar-refractivity contribution in [1.82, 2.24) is 4.31 Å². The molecular weight excluding hydrogens is 420 g/mol. The van der Waals surface area contributed by atoms with Crippen molar-refractivity contribution in [3.8, 4) is 5.75 Å². The quantitative estimate of drug-likeness (QED) is 0.639. The molecule has 162 valence electrons. The number of carbonyl (C=O) groups is 1. The van der Waals surface area contributed by atoms with Gasteiger partial charge in [0.15, 0.2) is 0 Å². The summed E-state index contributed by atoms with van der Waals surface area (Å²) in [5.74, 6) is 0.427. The molecular formula is C22H28N2O4S2. The Labute approximate surface area is 183 Å². The van der Waals surface area contributed by atoms with Gasteiger partial charge in [-0.3, -0.25) is 4.79 Å². The number of sulfonamides is 1. The summed E-state index contributed by atoms with van der Waals surface area (Å²) in [5.41, 5.74) is 1.53.